The molecular formula is C25H23F3N6OS. The molecule has 186 valence electrons. The predicted octanol–water partition coefficient (Wildman–Crippen LogP) is 5.73. The van der Waals surface area contributed by atoms with E-state index in [0.717, 1.165) is 17.4 Å². The molecule has 0 aliphatic carbocycles. The van der Waals surface area contributed by atoms with Gasteiger partial charge in [0.2, 0.25) is 0 Å². The van der Waals surface area contributed by atoms with Gasteiger partial charge in [-0.3, -0.25) is 4.79 Å². The van der Waals surface area contributed by atoms with Gasteiger partial charge in [-0.2, -0.15) is 13.2 Å². The van der Waals surface area contributed by atoms with E-state index in [0.29, 0.717) is 39.3 Å². The minimum Gasteiger partial charge on any atom is -0.357 e. The van der Waals surface area contributed by atoms with E-state index in [9.17, 15) is 18.0 Å². The quantitative estimate of drug-likeness (QED) is 0.284. The highest BCUT2D eigenvalue weighted by atomic mass is 32.2. The van der Waals surface area contributed by atoms with Gasteiger partial charge >= 0.3 is 6.18 Å². The maximum Gasteiger partial charge on any atom is 0.416 e. The van der Waals surface area contributed by atoms with E-state index in [1.807, 2.05) is 19.1 Å². The van der Waals surface area contributed by atoms with E-state index in [2.05, 4.69) is 14.7 Å². The van der Waals surface area contributed by atoms with E-state index >= 15 is 0 Å². The Hall–Kier alpha value is -3.73. The van der Waals surface area contributed by atoms with Crippen LogP contribution in [0, 0.1) is 6.92 Å². The van der Waals surface area contributed by atoms with Crippen molar-refractivity contribution in [2.24, 2.45) is 7.05 Å². The number of H-pyrrole nitrogens is 1. The van der Waals surface area contributed by atoms with Crippen molar-refractivity contribution in [1.29, 1.82) is 0 Å². The Morgan fingerprint density at radius 1 is 1.17 bits per heavy atom. The number of benzene rings is 1. The van der Waals surface area contributed by atoms with Gasteiger partial charge in [0.25, 0.3) is 5.56 Å². The maximum absolute atomic E-state index is 13.7. The van der Waals surface area contributed by atoms with Gasteiger partial charge in [-0.15, -0.1) is 0 Å². The Morgan fingerprint density at radius 2 is 1.94 bits per heavy atom. The largest absolute Gasteiger partial charge is 0.416 e. The molecule has 4 heterocycles. The summed E-state index contributed by atoms with van der Waals surface area (Å²) in [6, 6.07) is 9.20. The van der Waals surface area contributed by atoms with Gasteiger partial charge < -0.3 is 18.8 Å². The van der Waals surface area contributed by atoms with Crippen LogP contribution in [0.2, 0.25) is 0 Å². The van der Waals surface area contributed by atoms with Gasteiger partial charge in [0.1, 0.15) is 16.9 Å². The van der Waals surface area contributed by atoms with Gasteiger partial charge in [0.05, 0.1) is 23.5 Å². The molecule has 11 heteroatoms. The number of aryl methyl sites for hydroxylation is 2. The van der Waals surface area contributed by atoms with Gasteiger partial charge in [-0.1, -0.05) is 37.1 Å². The normalized spacial score (nSPS) is 12.1. The number of aromatic amines is 1. The molecule has 1 aromatic carbocycles. The number of nitrogens with zero attached hydrogens (tertiary/aromatic N) is 4. The fraction of sp³-hybridized carbons (Fsp3) is 0.240. The maximum atomic E-state index is 13.7. The van der Waals surface area contributed by atoms with Gasteiger partial charge in [-0.05, 0) is 30.7 Å². The zero-order valence-corrected chi connectivity index (χ0v) is 20.6. The molecule has 0 unspecified atom stereocenters. The van der Waals surface area contributed by atoms with Crippen LogP contribution in [0.4, 0.5) is 18.9 Å². The van der Waals surface area contributed by atoms with E-state index in [-0.39, 0.29) is 17.7 Å². The molecule has 0 saturated carbocycles. The number of hydrogen-bond donors (Lipinski definition) is 2. The molecule has 7 nitrogen and oxygen atoms in total. The average molecular weight is 513 g/mol. The second-order valence-corrected chi connectivity index (χ2v) is 9.46. The highest BCUT2D eigenvalue weighted by Gasteiger charge is 2.33. The van der Waals surface area contributed by atoms with Crippen LogP contribution < -0.4 is 10.3 Å². The van der Waals surface area contributed by atoms with Crippen LogP contribution in [0.5, 0.6) is 0 Å². The Morgan fingerprint density at radius 3 is 2.69 bits per heavy atom. The van der Waals surface area contributed by atoms with E-state index < -0.39 is 11.7 Å². The predicted molar refractivity (Wildman–Crippen MR) is 137 cm³/mol. The topological polar surface area (TPSA) is 80.5 Å². The van der Waals surface area contributed by atoms with Crippen LogP contribution in [0.25, 0.3) is 33.3 Å². The summed E-state index contributed by atoms with van der Waals surface area (Å²) >= 11 is 1.48. The molecule has 0 amide bonds. The lowest BCUT2D eigenvalue weighted by molar-refractivity contribution is -0.138. The number of rotatable bonds is 6. The van der Waals surface area contributed by atoms with Crippen molar-refractivity contribution in [1.82, 2.24) is 24.1 Å². The number of nitrogens with one attached hydrogen (secondary N) is 2. The van der Waals surface area contributed by atoms with Crippen LogP contribution in [0.1, 0.15) is 23.9 Å². The summed E-state index contributed by atoms with van der Waals surface area (Å²) in [5, 5.41) is 0.712. The van der Waals surface area contributed by atoms with Crippen LogP contribution in [0.15, 0.2) is 53.6 Å². The molecule has 4 aromatic heterocycles. The molecule has 0 fully saturated rings. The number of aromatic nitrogens is 5. The van der Waals surface area contributed by atoms with Crippen molar-refractivity contribution in [2.75, 3.05) is 10.5 Å². The highest BCUT2D eigenvalue weighted by Crippen LogP contribution is 2.35. The molecule has 0 spiro atoms. The van der Waals surface area contributed by atoms with Crippen molar-refractivity contribution in [3.63, 3.8) is 0 Å². The van der Waals surface area contributed by atoms with Gasteiger partial charge in [0.15, 0.2) is 5.65 Å². The lowest BCUT2D eigenvalue weighted by Gasteiger charge is -2.15. The first kappa shape index (κ1) is 24.0. The SMILES string of the molecule is CCSNc1cc(-c2cn(C)c(=O)c3[nH]ccc23)nc2c1nc(C)n2Cc1ccccc1C(F)(F)F. The number of fused-ring (bicyclic) bond motifs is 2. The first-order chi connectivity index (χ1) is 17.2. The summed E-state index contributed by atoms with van der Waals surface area (Å²) in [5.74, 6) is 1.34. The molecule has 0 saturated heterocycles. The molecule has 2 N–H and O–H groups in total. The Bertz CT molecular complexity index is 1650. The smallest absolute Gasteiger partial charge is 0.357 e. The molecule has 0 bridgehead atoms. The van der Waals surface area contributed by atoms with Crippen LogP contribution in [-0.4, -0.2) is 29.8 Å². The third-order valence-electron chi connectivity index (χ3n) is 6.04. The van der Waals surface area contributed by atoms with Crippen molar-refractivity contribution in [3.05, 3.63) is 76.1 Å². The summed E-state index contributed by atoms with van der Waals surface area (Å²) in [6.07, 6.45) is -1.06. The average Bonchev–Trinajstić information content (AvgIpc) is 3.45. The molecule has 0 aliphatic heterocycles. The second kappa shape index (κ2) is 9.05. The number of anilines is 1. The van der Waals surface area contributed by atoms with Crippen molar-refractivity contribution in [3.8, 4) is 11.3 Å². The third-order valence-corrected chi connectivity index (χ3v) is 6.69. The third kappa shape index (κ3) is 4.13. The van der Waals surface area contributed by atoms with Gasteiger partial charge in [-0.25, -0.2) is 9.97 Å². The summed E-state index contributed by atoms with van der Waals surface area (Å²) < 4.78 is 47.5. The minimum absolute atomic E-state index is 0.0400. The summed E-state index contributed by atoms with van der Waals surface area (Å²) in [6.45, 7) is 3.72. The zero-order valence-electron chi connectivity index (χ0n) is 19.8. The van der Waals surface area contributed by atoms with Gasteiger partial charge in [0, 0.05) is 36.1 Å². The van der Waals surface area contributed by atoms with Crippen molar-refractivity contribution >= 4 is 39.7 Å². The Kier molecular flexibility index (Phi) is 6.03. The standard InChI is InChI=1S/C25H23F3N6OS/c1-4-36-32-20-11-19(17-13-33(3)24(35)21-16(17)9-10-29-21)31-23-22(20)30-14(2)34(23)12-15-7-5-6-8-18(15)25(26,27)28/h5-11,13,29H,4,12H2,1-3H3,(H,31,32). The number of alkyl halides is 3. The Labute approximate surface area is 208 Å². The molecule has 0 atom stereocenters. The van der Waals surface area contributed by atoms with Crippen LogP contribution in [-0.2, 0) is 19.8 Å². The van der Waals surface area contributed by atoms with Crippen LogP contribution >= 0.6 is 11.9 Å². The number of halogens is 3. The van der Waals surface area contributed by atoms with Crippen LogP contribution in [0.3, 0.4) is 0 Å². The molecule has 0 aliphatic rings. The van der Waals surface area contributed by atoms with E-state index in [1.54, 1.807) is 37.0 Å². The summed E-state index contributed by atoms with van der Waals surface area (Å²) in [5.41, 5.74) is 2.76. The number of pyridine rings is 2. The number of hydrogen-bond acceptors (Lipinski definition) is 5. The molecule has 5 rings (SSSR count). The fourth-order valence-electron chi connectivity index (χ4n) is 4.33. The molecule has 0 radical (unpaired) electrons. The summed E-state index contributed by atoms with van der Waals surface area (Å²) in [4.78, 5) is 25.1. The van der Waals surface area contributed by atoms with E-state index in [4.69, 9.17) is 4.98 Å². The molecule has 5 aromatic rings. The molecular weight excluding hydrogens is 489 g/mol. The first-order valence-electron chi connectivity index (χ1n) is 11.3. The van der Waals surface area contributed by atoms with Crippen molar-refractivity contribution in [2.45, 2.75) is 26.6 Å². The lowest BCUT2D eigenvalue weighted by Crippen LogP contribution is -2.16. The lowest BCUT2D eigenvalue weighted by atomic mass is 10.1. The zero-order chi connectivity index (χ0) is 25.6. The summed E-state index contributed by atoms with van der Waals surface area (Å²) in [7, 11) is 1.67. The van der Waals surface area contributed by atoms with E-state index in [1.165, 1.54) is 28.6 Å². The fourth-order valence-corrected chi connectivity index (χ4v) is 4.79. The number of imidazole rings is 1. The molecule has 36 heavy (non-hydrogen) atoms. The van der Waals surface area contributed by atoms with Crippen molar-refractivity contribution < 1.29 is 13.2 Å². The minimum atomic E-state index is -4.47. The first-order valence-corrected chi connectivity index (χ1v) is 12.3. The second-order valence-electron chi connectivity index (χ2n) is 8.39. The monoisotopic (exact) mass is 512 g/mol. The Balaban J connectivity index is 1.74. The highest BCUT2D eigenvalue weighted by molar-refractivity contribution is 8.00.